The Morgan fingerprint density at radius 3 is 2.35 bits per heavy atom. The summed E-state index contributed by atoms with van der Waals surface area (Å²) >= 11 is 0. The fourth-order valence-electron chi connectivity index (χ4n) is 6.23. The second kappa shape index (κ2) is 11.5. The minimum absolute atomic E-state index is 0.103. The number of piperidine rings is 1. The van der Waals surface area contributed by atoms with Crippen molar-refractivity contribution in [1.29, 1.82) is 0 Å². The second-order valence-corrected chi connectivity index (χ2v) is 10.3. The van der Waals surface area contributed by atoms with Crippen LogP contribution in [0.5, 0.6) is 5.75 Å². The molecule has 0 aliphatic carbocycles. The van der Waals surface area contributed by atoms with Crippen molar-refractivity contribution in [3.8, 4) is 16.9 Å². The minimum Gasteiger partial charge on any atom is -0.496 e. The van der Waals surface area contributed by atoms with Crippen LogP contribution in [0.4, 0.5) is 0 Å². The summed E-state index contributed by atoms with van der Waals surface area (Å²) in [6.07, 6.45) is 2.05. The number of benzene rings is 3. The predicted octanol–water partition coefficient (Wildman–Crippen LogP) is 5.39. The molecule has 0 radical (unpaired) electrons. The zero-order valence-electron chi connectivity index (χ0n) is 22.2. The molecule has 3 aromatic carbocycles. The molecule has 3 aromatic rings. The van der Waals surface area contributed by atoms with Gasteiger partial charge in [-0.1, -0.05) is 73.7 Å². The van der Waals surface area contributed by atoms with E-state index in [1.807, 2.05) is 23.1 Å². The van der Waals surface area contributed by atoms with Crippen LogP contribution in [0.3, 0.4) is 0 Å². The maximum Gasteiger partial charge on any atom is 0.248 e. The van der Waals surface area contributed by atoms with E-state index < -0.39 is 0 Å². The van der Waals surface area contributed by atoms with Crippen LogP contribution in [-0.4, -0.2) is 62.2 Å². The molecule has 2 aliphatic heterocycles. The molecule has 0 bridgehead atoms. The summed E-state index contributed by atoms with van der Waals surface area (Å²) in [5.41, 5.74) is 6.35. The lowest BCUT2D eigenvalue weighted by molar-refractivity contribution is -0.137. The number of likely N-dealkylation sites (tertiary alicyclic amines) is 2. The van der Waals surface area contributed by atoms with Crippen molar-refractivity contribution in [3.05, 3.63) is 89.5 Å². The average Bonchev–Trinajstić information content (AvgIpc) is 3.31. The van der Waals surface area contributed by atoms with E-state index >= 15 is 0 Å². The third-order valence-corrected chi connectivity index (χ3v) is 8.23. The first-order valence-electron chi connectivity index (χ1n) is 13.4. The molecule has 2 aliphatic rings. The second-order valence-electron chi connectivity index (χ2n) is 10.3. The van der Waals surface area contributed by atoms with Gasteiger partial charge in [-0.2, -0.15) is 0 Å². The van der Waals surface area contributed by atoms with Gasteiger partial charge in [-0.05, 0) is 41.2 Å². The van der Waals surface area contributed by atoms with Crippen molar-refractivity contribution in [3.63, 3.8) is 0 Å². The summed E-state index contributed by atoms with van der Waals surface area (Å²) in [5, 5.41) is 0. The van der Waals surface area contributed by atoms with E-state index in [1.165, 1.54) is 22.3 Å². The number of fused-ring (bicyclic) bond motifs is 1. The van der Waals surface area contributed by atoms with Crippen LogP contribution in [0.25, 0.3) is 11.1 Å². The molecule has 0 saturated carbocycles. The zero-order valence-corrected chi connectivity index (χ0v) is 22.2. The molecule has 0 spiro atoms. The molecule has 5 heteroatoms. The molecule has 0 unspecified atom stereocenters. The topological polar surface area (TPSA) is 42.0 Å². The largest absolute Gasteiger partial charge is 0.496 e. The van der Waals surface area contributed by atoms with Gasteiger partial charge < -0.3 is 14.4 Å². The highest BCUT2D eigenvalue weighted by Gasteiger charge is 2.45. The summed E-state index contributed by atoms with van der Waals surface area (Å²) in [5.74, 6) is 1.84. The first-order valence-corrected chi connectivity index (χ1v) is 13.4. The SMILES string of the molecule is CCc1ccc([C@H]2CN(Cc3ccc(-c4ccccc4OC)cc3)[C@@H]3CCN(C(=O)COC)C[C@H]23)cc1. The van der Waals surface area contributed by atoms with Gasteiger partial charge in [0.15, 0.2) is 0 Å². The summed E-state index contributed by atoms with van der Waals surface area (Å²) in [7, 11) is 3.32. The van der Waals surface area contributed by atoms with Crippen molar-refractivity contribution in [1.82, 2.24) is 9.80 Å². The quantitative estimate of drug-likeness (QED) is 0.418. The fraction of sp³-hybridized carbons (Fsp3) is 0.406. The molecule has 3 atom stereocenters. The Labute approximate surface area is 221 Å². The van der Waals surface area contributed by atoms with Gasteiger partial charge in [-0.25, -0.2) is 0 Å². The standard InChI is InChI=1S/C32H38N2O3/c1-4-23-9-13-26(14-10-23)28-20-34(30-17-18-33(21-29(28)30)32(35)22-36-2)19-24-11-15-25(16-12-24)27-7-5-6-8-31(27)37-3/h5-16,28-30H,4,17-22H2,1-3H3/t28-,29-,30-/m1/s1. The first-order chi connectivity index (χ1) is 18.1. The van der Waals surface area contributed by atoms with Gasteiger partial charge in [-0.15, -0.1) is 0 Å². The van der Waals surface area contributed by atoms with E-state index in [1.54, 1.807) is 14.2 Å². The number of para-hydroxylation sites is 1. The Hall–Kier alpha value is -3.15. The minimum atomic E-state index is 0.103. The number of ether oxygens (including phenoxy) is 2. The van der Waals surface area contributed by atoms with E-state index in [9.17, 15) is 4.79 Å². The highest BCUT2D eigenvalue weighted by molar-refractivity contribution is 5.77. The maximum absolute atomic E-state index is 12.7. The Kier molecular flexibility index (Phi) is 7.92. The molecule has 194 valence electrons. The number of rotatable bonds is 8. The molecule has 5 rings (SSSR count). The zero-order chi connectivity index (χ0) is 25.8. The lowest BCUT2D eigenvalue weighted by atomic mass is 9.81. The van der Waals surface area contributed by atoms with Crippen molar-refractivity contribution >= 4 is 5.91 Å². The first kappa shape index (κ1) is 25.5. The molecule has 37 heavy (non-hydrogen) atoms. The number of nitrogens with zero attached hydrogens (tertiary/aromatic N) is 2. The lowest BCUT2D eigenvalue weighted by Gasteiger charge is -2.39. The Morgan fingerprint density at radius 1 is 0.919 bits per heavy atom. The van der Waals surface area contributed by atoms with Crippen LogP contribution >= 0.6 is 0 Å². The molecule has 2 fully saturated rings. The lowest BCUT2D eigenvalue weighted by Crippen LogP contribution is -2.49. The summed E-state index contributed by atoms with van der Waals surface area (Å²) in [4.78, 5) is 17.3. The normalized spacial score (nSPS) is 21.6. The molecule has 0 N–H and O–H groups in total. The van der Waals surface area contributed by atoms with Gasteiger partial charge >= 0.3 is 0 Å². The number of methoxy groups -OCH3 is 2. The van der Waals surface area contributed by atoms with Gasteiger partial charge in [0.2, 0.25) is 5.91 Å². The maximum atomic E-state index is 12.7. The highest BCUT2D eigenvalue weighted by Crippen LogP contribution is 2.42. The van der Waals surface area contributed by atoms with Crippen LogP contribution in [0.15, 0.2) is 72.8 Å². The third kappa shape index (κ3) is 5.43. The highest BCUT2D eigenvalue weighted by atomic mass is 16.5. The van der Waals surface area contributed by atoms with E-state index in [0.29, 0.717) is 17.9 Å². The van der Waals surface area contributed by atoms with Crippen LogP contribution < -0.4 is 4.74 Å². The van der Waals surface area contributed by atoms with E-state index in [0.717, 1.165) is 50.3 Å². The third-order valence-electron chi connectivity index (χ3n) is 8.23. The summed E-state index contributed by atoms with van der Waals surface area (Å²) in [6.45, 7) is 5.89. The van der Waals surface area contributed by atoms with Gasteiger partial charge in [0.25, 0.3) is 0 Å². The van der Waals surface area contributed by atoms with Crippen molar-refractivity contribution in [2.75, 3.05) is 40.5 Å². The number of hydrogen-bond acceptors (Lipinski definition) is 4. The number of carbonyl (C=O) groups excluding carboxylic acids is 1. The Bertz CT molecular complexity index is 1190. The molecule has 2 saturated heterocycles. The number of carbonyl (C=O) groups is 1. The van der Waals surface area contributed by atoms with Gasteiger partial charge in [0.1, 0.15) is 12.4 Å². The van der Waals surface area contributed by atoms with Gasteiger partial charge in [0, 0.05) is 56.7 Å². The average molecular weight is 499 g/mol. The predicted molar refractivity (Wildman–Crippen MR) is 148 cm³/mol. The molecular weight excluding hydrogens is 460 g/mol. The van der Waals surface area contributed by atoms with Gasteiger partial charge in [-0.3, -0.25) is 9.69 Å². The van der Waals surface area contributed by atoms with Gasteiger partial charge in [0.05, 0.1) is 7.11 Å². The Balaban J connectivity index is 1.36. The molecule has 2 heterocycles. The molecular formula is C32H38N2O3. The molecule has 0 aromatic heterocycles. The summed E-state index contributed by atoms with van der Waals surface area (Å²) < 4.78 is 10.7. The van der Waals surface area contributed by atoms with Crippen LogP contribution in [0, 0.1) is 5.92 Å². The smallest absolute Gasteiger partial charge is 0.248 e. The summed E-state index contributed by atoms with van der Waals surface area (Å²) in [6, 6.07) is 26.7. The molecule has 1 amide bonds. The monoisotopic (exact) mass is 498 g/mol. The van der Waals surface area contributed by atoms with Crippen molar-refractivity contribution in [2.45, 2.75) is 38.3 Å². The number of amides is 1. The number of hydrogen-bond donors (Lipinski definition) is 0. The number of aryl methyl sites for hydroxylation is 1. The van der Waals surface area contributed by atoms with Crippen LogP contribution in [0.1, 0.15) is 36.0 Å². The fourth-order valence-corrected chi connectivity index (χ4v) is 6.23. The molecule has 5 nitrogen and oxygen atoms in total. The van der Waals surface area contributed by atoms with E-state index in [2.05, 4.69) is 66.4 Å². The van der Waals surface area contributed by atoms with Crippen molar-refractivity contribution in [2.24, 2.45) is 5.92 Å². The van der Waals surface area contributed by atoms with Crippen LogP contribution in [0.2, 0.25) is 0 Å². The van der Waals surface area contributed by atoms with E-state index in [-0.39, 0.29) is 12.5 Å². The Morgan fingerprint density at radius 2 is 1.65 bits per heavy atom. The van der Waals surface area contributed by atoms with Crippen molar-refractivity contribution < 1.29 is 14.3 Å². The van der Waals surface area contributed by atoms with E-state index in [4.69, 9.17) is 9.47 Å². The van der Waals surface area contributed by atoms with Crippen LogP contribution in [-0.2, 0) is 22.5 Å².